The third-order valence-electron chi connectivity index (χ3n) is 3.45. The first-order chi connectivity index (χ1) is 12.1. The van der Waals surface area contributed by atoms with Crippen molar-refractivity contribution in [1.82, 2.24) is 0 Å². The molecule has 0 aliphatic carbocycles. The molecule has 0 bridgehead atoms. The molecule has 0 radical (unpaired) electrons. The van der Waals surface area contributed by atoms with Crippen LogP contribution in [-0.4, -0.2) is 30.5 Å². The van der Waals surface area contributed by atoms with Gasteiger partial charge in [-0.2, -0.15) is 0 Å². The summed E-state index contributed by atoms with van der Waals surface area (Å²) in [5.74, 6) is -1.45. The number of nitro benzene ring substituents is 1. The number of rotatable bonds is 6. The number of hydrogen-bond donors (Lipinski definition) is 1. The Morgan fingerprint density at radius 1 is 1.19 bits per heavy atom. The van der Waals surface area contributed by atoms with Gasteiger partial charge in [-0.3, -0.25) is 10.1 Å². The Kier molecular flexibility index (Phi) is 5.74. The molecule has 1 atom stereocenters. The number of sulfonamides is 1. The van der Waals surface area contributed by atoms with E-state index in [4.69, 9.17) is 23.2 Å². The lowest BCUT2D eigenvalue weighted by Crippen LogP contribution is -2.43. The highest BCUT2D eigenvalue weighted by atomic mass is 35.5. The van der Waals surface area contributed by atoms with Crippen molar-refractivity contribution in [3.8, 4) is 0 Å². The number of para-hydroxylation sites is 1. The van der Waals surface area contributed by atoms with E-state index in [1.54, 1.807) is 0 Å². The summed E-state index contributed by atoms with van der Waals surface area (Å²) in [7, 11) is -4.52. The number of non-ortho nitro benzene ring substituents is 1. The van der Waals surface area contributed by atoms with Gasteiger partial charge in [-0.15, -0.1) is 0 Å². The Hall–Kier alpha value is -2.36. The van der Waals surface area contributed by atoms with Gasteiger partial charge in [0.25, 0.3) is 15.7 Å². The first-order valence-electron chi connectivity index (χ1n) is 7.03. The van der Waals surface area contributed by atoms with Crippen LogP contribution < -0.4 is 4.31 Å². The number of carboxylic acid groups (broad SMARTS) is 1. The molecule has 1 unspecified atom stereocenters. The number of anilines is 1. The van der Waals surface area contributed by atoms with Crippen molar-refractivity contribution in [1.29, 1.82) is 0 Å². The number of carboxylic acids is 1. The fourth-order valence-corrected chi connectivity index (χ4v) is 4.56. The standard InChI is InChI=1S/C15H12Cl2N2O6S/c1-9(15(20)21)18(14-12(16)6-3-7-13(14)17)26(24,25)11-5-2-4-10(8-11)19(22)23/h2-9H,1H3,(H,20,21). The van der Waals surface area contributed by atoms with Crippen LogP contribution in [0.4, 0.5) is 11.4 Å². The zero-order valence-electron chi connectivity index (χ0n) is 13.2. The molecular formula is C15H12Cl2N2O6S. The molecule has 1 N–H and O–H groups in total. The molecule has 0 aliphatic heterocycles. The van der Waals surface area contributed by atoms with Crippen molar-refractivity contribution in [2.24, 2.45) is 0 Å². The van der Waals surface area contributed by atoms with Gasteiger partial charge in [-0.25, -0.2) is 17.5 Å². The maximum absolute atomic E-state index is 13.1. The number of carbonyl (C=O) groups is 1. The van der Waals surface area contributed by atoms with Crippen LogP contribution in [0.2, 0.25) is 10.0 Å². The molecule has 0 aliphatic rings. The van der Waals surface area contributed by atoms with Gasteiger partial charge in [0.05, 0.1) is 25.6 Å². The summed E-state index contributed by atoms with van der Waals surface area (Å²) in [6.07, 6.45) is 0. The summed E-state index contributed by atoms with van der Waals surface area (Å²) in [4.78, 5) is 21.2. The van der Waals surface area contributed by atoms with Gasteiger partial charge < -0.3 is 5.11 Å². The number of aliphatic carboxylic acids is 1. The van der Waals surface area contributed by atoms with E-state index in [1.165, 1.54) is 24.3 Å². The average Bonchev–Trinajstić information content (AvgIpc) is 2.57. The molecule has 2 aromatic carbocycles. The minimum atomic E-state index is -4.52. The summed E-state index contributed by atoms with van der Waals surface area (Å²) in [5, 5.41) is 20.1. The smallest absolute Gasteiger partial charge is 0.327 e. The molecule has 0 amide bonds. The van der Waals surface area contributed by atoms with Gasteiger partial charge in [0.15, 0.2) is 0 Å². The number of nitro groups is 1. The Balaban J connectivity index is 2.75. The van der Waals surface area contributed by atoms with E-state index in [1.807, 2.05) is 0 Å². The largest absolute Gasteiger partial charge is 0.480 e. The van der Waals surface area contributed by atoms with Gasteiger partial charge in [0.1, 0.15) is 6.04 Å². The van der Waals surface area contributed by atoms with Gasteiger partial charge >= 0.3 is 5.97 Å². The highest BCUT2D eigenvalue weighted by molar-refractivity contribution is 7.93. The minimum absolute atomic E-state index is 0.0837. The molecule has 138 valence electrons. The van der Waals surface area contributed by atoms with Crippen LogP contribution in [0.15, 0.2) is 47.4 Å². The van der Waals surface area contributed by atoms with E-state index in [2.05, 4.69) is 0 Å². The highest BCUT2D eigenvalue weighted by Crippen LogP contribution is 2.38. The summed E-state index contributed by atoms with van der Waals surface area (Å²) >= 11 is 12.1. The molecular weight excluding hydrogens is 407 g/mol. The molecule has 0 saturated carbocycles. The van der Waals surface area contributed by atoms with E-state index < -0.39 is 37.5 Å². The molecule has 0 aromatic heterocycles. The lowest BCUT2D eigenvalue weighted by molar-refractivity contribution is -0.385. The van der Waals surface area contributed by atoms with Crippen LogP contribution in [0, 0.1) is 10.1 Å². The fourth-order valence-electron chi connectivity index (χ4n) is 2.19. The molecule has 2 aromatic rings. The molecule has 0 fully saturated rings. The third kappa shape index (κ3) is 3.74. The maximum atomic E-state index is 13.1. The van der Waals surface area contributed by atoms with E-state index in [-0.39, 0.29) is 15.7 Å². The van der Waals surface area contributed by atoms with E-state index in [0.717, 1.165) is 25.1 Å². The molecule has 8 nitrogen and oxygen atoms in total. The SMILES string of the molecule is CC(C(=O)O)N(c1c(Cl)cccc1Cl)S(=O)(=O)c1cccc([N+](=O)[O-])c1. The summed E-state index contributed by atoms with van der Waals surface area (Å²) in [5.41, 5.74) is -0.684. The predicted octanol–water partition coefficient (Wildman–Crippen LogP) is 3.57. The monoisotopic (exact) mass is 418 g/mol. The number of hydrogen-bond acceptors (Lipinski definition) is 5. The van der Waals surface area contributed by atoms with E-state index in [9.17, 15) is 28.4 Å². The molecule has 0 heterocycles. The Bertz CT molecular complexity index is 960. The van der Waals surface area contributed by atoms with Gasteiger partial charge in [-0.05, 0) is 25.1 Å². The quantitative estimate of drug-likeness (QED) is 0.565. The van der Waals surface area contributed by atoms with Gasteiger partial charge in [0, 0.05) is 12.1 Å². The predicted molar refractivity (Wildman–Crippen MR) is 96.3 cm³/mol. The van der Waals surface area contributed by atoms with Crippen LogP contribution in [0.1, 0.15) is 6.92 Å². The van der Waals surface area contributed by atoms with Crippen LogP contribution in [-0.2, 0) is 14.8 Å². The Labute approximate surface area is 158 Å². The van der Waals surface area contributed by atoms with Crippen molar-refractivity contribution in [2.45, 2.75) is 17.9 Å². The first-order valence-corrected chi connectivity index (χ1v) is 9.22. The fraction of sp³-hybridized carbons (Fsp3) is 0.133. The second-order valence-electron chi connectivity index (χ2n) is 5.14. The van der Waals surface area contributed by atoms with E-state index >= 15 is 0 Å². The Morgan fingerprint density at radius 2 is 1.73 bits per heavy atom. The number of nitrogens with zero attached hydrogens (tertiary/aromatic N) is 2. The highest BCUT2D eigenvalue weighted by Gasteiger charge is 2.36. The normalized spacial score (nSPS) is 12.4. The topological polar surface area (TPSA) is 118 Å². The van der Waals surface area contributed by atoms with Crippen LogP contribution in [0.25, 0.3) is 0 Å². The third-order valence-corrected chi connectivity index (χ3v) is 5.93. The van der Waals surface area contributed by atoms with Crippen molar-refractivity contribution in [3.63, 3.8) is 0 Å². The lowest BCUT2D eigenvalue weighted by atomic mass is 10.2. The van der Waals surface area contributed by atoms with Gasteiger partial charge in [-0.1, -0.05) is 35.3 Å². The molecule has 0 spiro atoms. The lowest BCUT2D eigenvalue weighted by Gasteiger charge is -2.29. The van der Waals surface area contributed by atoms with Crippen LogP contribution in [0.3, 0.4) is 0 Å². The number of benzene rings is 2. The summed E-state index contributed by atoms with van der Waals surface area (Å²) in [6.45, 7) is 1.14. The average molecular weight is 419 g/mol. The maximum Gasteiger partial charge on any atom is 0.327 e. The first kappa shape index (κ1) is 20.0. The van der Waals surface area contributed by atoms with Crippen LogP contribution in [0.5, 0.6) is 0 Å². The second kappa shape index (κ2) is 7.48. The van der Waals surface area contributed by atoms with Crippen molar-refractivity contribution in [3.05, 3.63) is 62.6 Å². The second-order valence-corrected chi connectivity index (χ2v) is 7.77. The summed E-state index contributed by atoms with van der Waals surface area (Å²) in [6, 6.07) is 6.86. The zero-order chi connectivity index (χ0) is 19.6. The van der Waals surface area contributed by atoms with Crippen LogP contribution >= 0.6 is 23.2 Å². The molecule has 26 heavy (non-hydrogen) atoms. The molecule has 0 saturated heterocycles. The summed E-state index contributed by atoms with van der Waals surface area (Å²) < 4.78 is 26.7. The minimum Gasteiger partial charge on any atom is -0.480 e. The Morgan fingerprint density at radius 3 is 2.23 bits per heavy atom. The van der Waals surface area contributed by atoms with E-state index in [0.29, 0.717) is 4.31 Å². The van der Waals surface area contributed by atoms with Crippen molar-refractivity contribution >= 4 is 50.6 Å². The zero-order valence-corrected chi connectivity index (χ0v) is 15.5. The molecule has 2 rings (SSSR count). The van der Waals surface area contributed by atoms with Crippen molar-refractivity contribution < 1.29 is 23.2 Å². The van der Waals surface area contributed by atoms with Gasteiger partial charge in [0.2, 0.25) is 0 Å². The number of halogens is 2. The molecule has 11 heteroatoms. The van der Waals surface area contributed by atoms with Crippen molar-refractivity contribution in [2.75, 3.05) is 4.31 Å².